The van der Waals surface area contributed by atoms with Gasteiger partial charge in [-0.3, -0.25) is 5.10 Å². The second kappa shape index (κ2) is 6.17. The average molecular weight is 411 g/mol. The highest BCUT2D eigenvalue weighted by molar-refractivity contribution is 9.10. The van der Waals surface area contributed by atoms with E-state index >= 15 is 0 Å². The third-order valence-electron chi connectivity index (χ3n) is 4.52. The van der Waals surface area contributed by atoms with Crippen LogP contribution in [0.25, 0.3) is 33.1 Å². The van der Waals surface area contributed by atoms with Gasteiger partial charge >= 0.3 is 0 Å². The van der Waals surface area contributed by atoms with Crippen LogP contribution >= 0.6 is 15.9 Å². The summed E-state index contributed by atoms with van der Waals surface area (Å²) in [5, 5.41) is 13.3. The second-order valence-corrected chi connectivity index (χ2v) is 6.99. The molecule has 26 heavy (non-hydrogen) atoms. The van der Waals surface area contributed by atoms with Crippen molar-refractivity contribution in [3.05, 3.63) is 51.0 Å². The van der Waals surface area contributed by atoms with Gasteiger partial charge in [0.2, 0.25) is 0 Å². The number of aromatic amines is 1. The van der Waals surface area contributed by atoms with Crippen LogP contribution in [-0.4, -0.2) is 22.3 Å². The van der Waals surface area contributed by atoms with Crippen LogP contribution in [0.15, 0.2) is 40.0 Å². The average Bonchev–Trinajstić information content (AvgIpc) is 3.01. The Labute approximate surface area is 157 Å². The van der Waals surface area contributed by atoms with E-state index in [-0.39, 0.29) is 0 Å². The van der Waals surface area contributed by atoms with Crippen LogP contribution < -0.4 is 4.74 Å². The van der Waals surface area contributed by atoms with E-state index in [2.05, 4.69) is 37.4 Å². The van der Waals surface area contributed by atoms with Crippen LogP contribution in [0.1, 0.15) is 11.3 Å². The van der Waals surface area contributed by atoms with Gasteiger partial charge in [-0.2, -0.15) is 5.10 Å². The maximum Gasteiger partial charge on any atom is 0.182 e. The van der Waals surface area contributed by atoms with Crippen molar-refractivity contribution in [1.82, 2.24) is 15.2 Å². The van der Waals surface area contributed by atoms with Gasteiger partial charge in [-0.05, 0) is 64.8 Å². The van der Waals surface area contributed by atoms with Crippen molar-refractivity contribution < 1.29 is 4.74 Å². The lowest BCUT2D eigenvalue weighted by Gasteiger charge is -2.12. The fourth-order valence-corrected chi connectivity index (χ4v) is 3.70. The first-order chi connectivity index (χ1) is 12.5. The molecule has 1 N–H and O–H groups in total. The molecular formula is C19H15BrN4O2. The SMILES string of the molecule is COc1cc2c(cc1C)c(-c1ccc(N=O)c(Br)c1)nc1n[nH]c(C)c12. The number of nitrogens with one attached hydrogen (secondary N) is 1. The topological polar surface area (TPSA) is 80.2 Å². The predicted octanol–water partition coefficient (Wildman–Crippen LogP) is 5.56. The quantitative estimate of drug-likeness (QED) is 0.448. The molecule has 0 saturated carbocycles. The summed E-state index contributed by atoms with van der Waals surface area (Å²) in [7, 11) is 1.66. The van der Waals surface area contributed by atoms with Gasteiger partial charge < -0.3 is 4.74 Å². The number of pyridine rings is 1. The predicted molar refractivity (Wildman–Crippen MR) is 106 cm³/mol. The maximum atomic E-state index is 10.9. The fourth-order valence-electron chi connectivity index (χ4n) is 3.24. The Kier molecular flexibility index (Phi) is 3.96. The van der Waals surface area contributed by atoms with Crippen molar-refractivity contribution in [2.75, 3.05) is 7.11 Å². The monoisotopic (exact) mass is 410 g/mol. The number of halogens is 1. The molecule has 0 fully saturated rings. The molecule has 0 saturated heterocycles. The van der Waals surface area contributed by atoms with E-state index in [0.717, 1.165) is 44.4 Å². The number of aromatic nitrogens is 3. The number of hydrogen-bond donors (Lipinski definition) is 1. The Morgan fingerprint density at radius 3 is 2.65 bits per heavy atom. The molecule has 0 radical (unpaired) electrons. The van der Waals surface area contributed by atoms with Crippen molar-refractivity contribution in [3.63, 3.8) is 0 Å². The molecule has 0 aliphatic carbocycles. The summed E-state index contributed by atoms with van der Waals surface area (Å²) >= 11 is 3.40. The highest BCUT2D eigenvalue weighted by Gasteiger charge is 2.17. The first kappa shape index (κ1) is 16.7. The molecule has 7 heteroatoms. The van der Waals surface area contributed by atoms with Gasteiger partial charge in [0, 0.05) is 31.9 Å². The Morgan fingerprint density at radius 1 is 1.15 bits per heavy atom. The summed E-state index contributed by atoms with van der Waals surface area (Å²) in [6.07, 6.45) is 0. The number of rotatable bonds is 3. The molecule has 0 atom stereocenters. The molecule has 2 aromatic heterocycles. The lowest BCUT2D eigenvalue weighted by Crippen LogP contribution is -1.93. The highest BCUT2D eigenvalue weighted by Crippen LogP contribution is 2.38. The van der Waals surface area contributed by atoms with Crippen LogP contribution in [-0.2, 0) is 0 Å². The van der Waals surface area contributed by atoms with Crippen LogP contribution in [0.3, 0.4) is 0 Å². The van der Waals surface area contributed by atoms with E-state index < -0.39 is 0 Å². The zero-order chi connectivity index (χ0) is 18.4. The van der Waals surface area contributed by atoms with E-state index in [4.69, 9.17) is 9.72 Å². The third-order valence-corrected chi connectivity index (χ3v) is 5.16. The molecule has 0 spiro atoms. The standard InChI is InChI=1S/C19H15BrN4O2/c1-9-6-13-12(8-16(9)26-3)17-10(2)22-23-19(17)21-18(13)11-4-5-15(24-25)14(20)7-11/h4-8H,1-3H3,(H,21,22,23). The van der Waals surface area contributed by atoms with Gasteiger partial charge in [0.05, 0.1) is 12.8 Å². The molecule has 2 heterocycles. The summed E-state index contributed by atoms with van der Waals surface area (Å²) in [5.74, 6) is 0.818. The van der Waals surface area contributed by atoms with Gasteiger partial charge in [-0.15, -0.1) is 4.91 Å². The zero-order valence-electron chi connectivity index (χ0n) is 14.4. The Balaban J connectivity index is 2.12. The Morgan fingerprint density at radius 2 is 1.96 bits per heavy atom. The minimum atomic E-state index is 0.354. The number of ether oxygens (including phenoxy) is 1. The largest absolute Gasteiger partial charge is 0.496 e. The molecule has 4 aromatic rings. The van der Waals surface area contributed by atoms with Crippen molar-refractivity contribution in [3.8, 4) is 17.0 Å². The summed E-state index contributed by atoms with van der Waals surface area (Å²) in [5.41, 5.74) is 4.65. The number of nitroso groups, excluding NO2 is 1. The van der Waals surface area contributed by atoms with Gasteiger partial charge in [-0.1, -0.05) is 6.07 Å². The fraction of sp³-hybridized carbons (Fsp3) is 0.158. The Bertz CT molecular complexity index is 1180. The van der Waals surface area contributed by atoms with Gasteiger partial charge in [-0.25, -0.2) is 4.98 Å². The number of aryl methyl sites for hydroxylation is 2. The molecule has 0 unspecified atom stereocenters. The van der Waals surface area contributed by atoms with Crippen molar-refractivity contribution in [2.24, 2.45) is 5.18 Å². The van der Waals surface area contributed by atoms with E-state index in [9.17, 15) is 4.91 Å². The molecule has 0 amide bonds. The number of hydrogen-bond acceptors (Lipinski definition) is 5. The normalized spacial score (nSPS) is 11.2. The van der Waals surface area contributed by atoms with Crippen LogP contribution in [0, 0.1) is 18.8 Å². The van der Waals surface area contributed by atoms with E-state index in [1.54, 1.807) is 13.2 Å². The summed E-state index contributed by atoms with van der Waals surface area (Å²) in [4.78, 5) is 15.6. The Hall–Kier alpha value is -2.80. The van der Waals surface area contributed by atoms with Crippen molar-refractivity contribution in [2.45, 2.75) is 13.8 Å². The lowest BCUT2D eigenvalue weighted by atomic mass is 9.98. The summed E-state index contributed by atoms with van der Waals surface area (Å²) in [6, 6.07) is 9.47. The minimum Gasteiger partial charge on any atom is -0.496 e. The molecular weight excluding hydrogens is 396 g/mol. The molecule has 4 rings (SSSR count). The smallest absolute Gasteiger partial charge is 0.182 e. The number of methoxy groups -OCH3 is 1. The first-order valence-electron chi connectivity index (χ1n) is 7.99. The summed E-state index contributed by atoms with van der Waals surface area (Å²) in [6.45, 7) is 3.98. The van der Waals surface area contributed by atoms with Crippen LogP contribution in [0.4, 0.5) is 5.69 Å². The minimum absolute atomic E-state index is 0.354. The van der Waals surface area contributed by atoms with Crippen molar-refractivity contribution in [1.29, 1.82) is 0 Å². The molecule has 130 valence electrons. The molecule has 0 aliphatic heterocycles. The van der Waals surface area contributed by atoms with Gasteiger partial charge in [0.15, 0.2) is 5.65 Å². The van der Waals surface area contributed by atoms with E-state index in [1.807, 2.05) is 32.0 Å². The van der Waals surface area contributed by atoms with Crippen LogP contribution in [0.2, 0.25) is 0 Å². The lowest BCUT2D eigenvalue weighted by molar-refractivity contribution is 0.412. The van der Waals surface area contributed by atoms with E-state index in [1.165, 1.54) is 0 Å². The first-order valence-corrected chi connectivity index (χ1v) is 8.79. The van der Waals surface area contributed by atoms with Gasteiger partial charge in [0.1, 0.15) is 11.4 Å². The summed E-state index contributed by atoms with van der Waals surface area (Å²) < 4.78 is 6.14. The number of benzene rings is 2. The second-order valence-electron chi connectivity index (χ2n) is 6.13. The zero-order valence-corrected chi connectivity index (χ0v) is 16.0. The molecule has 6 nitrogen and oxygen atoms in total. The number of H-pyrrole nitrogens is 1. The number of nitrogens with zero attached hydrogens (tertiary/aromatic N) is 3. The van der Waals surface area contributed by atoms with Crippen LogP contribution in [0.5, 0.6) is 5.75 Å². The highest BCUT2D eigenvalue weighted by atomic mass is 79.9. The molecule has 0 bridgehead atoms. The van der Waals surface area contributed by atoms with E-state index in [0.29, 0.717) is 15.8 Å². The number of fused-ring (bicyclic) bond motifs is 3. The third kappa shape index (κ3) is 2.47. The van der Waals surface area contributed by atoms with Gasteiger partial charge in [0.25, 0.3) is 0 Å². The molecule has 0 aliphatic rings. The molecule has 2 aromatic carbocycles. The van der Waals surface area contributed by atoms with Crippen molar-refractivity contribution >= 4 is 43.4 Å². The maximum absolute atomic E-state index is 10.9.